The molecule has 0 saturated carbocycles. The molecule has 1 aromatic rings. The highest BCUT2D eigenvalue weighted by Crippen LogP contribution is 1.98. The zero-order valence-corrected chi connectivity index (χ0v) is 10.7. The van der Waals surface area contributed by atoms with Crippen LogP contribution in [0, 0.1) is 0 Å². The molecule has 0 bridgehead atoms. The summed E-state index contributed by atoms with van der Waals surface area (Å²) in [6.07, 6.45) is 2.90. The molecular formula is C15H14O5. The van der Waals surface area contributed by atoms with Crippen LogP contribution in [0.25, 0.3) is 6.08 Å². The summed E-state index contributed by atoms with van der Waals surface area (Å²) >= 11 is 0. The van der Waals surface area contributed by atoms with Gasteiger partial charge in [0, 0.05) is 6.08 Å². The number of hydrogen-bond acceptors (Lipinski definition) is 3. The lowest BCUT2D eigenvalue weighted by Crippen LogP contribution is -2.11. The Bertz CT molecular complexity index is 541. The fourth-order valence-electron chi connectivity index (χ4n) is 1.06. The van der Waals surface area contributed by atoms with E-state index in [4.69, 9.17) is 10.2 Å². The average Bonchev–Trinajstić information content (AvgIpc) is 2.45. The van der Waals surface area contributed by atoms with Gasteiger partial charge in [0.05, 0.1) is 0 Å². The van der Waals surface area contributed by atoms with Crippen molar-refractivity contribution in [2.45, 2.75) is 0 Å². The van der Waals surface area contributed by atoms with Crippen molar-refractivity contribution in [1.82, 2.24) is 0 Å². The highest BCUT2D eigenvalue weighted by molar-refractivity contribution is 6.23. The van der Waals surface area contributed by atoms with Crippen LogP contribution in [-0.2, 0) is 14.4 Å². The van der Waals surface area contributed by atoms with Gasteiger partial charge in [0.2, 0.25) is 0 Å². The standard InChI is InChI=1S/C8H8.C7H6O5/c1-2-8-6-4-3-5-7-8;1-2-5(8)4(7(11)12)3-6(9)10/h2-7H,1H2;2-3H,1H2,(H,9,10)(H,11,12). The lowest BCUT2D eigenvalue weighted by Gasteiger charge is -1.92. The molecule has 0 spiro atoms. The Hall–Kier alpha value is -2.95. The number of carbonyl (C=O) groups excluding carboxylic acids is 1. The molecule has 0 aromatic heterocycles. The van der Waals surface area contributed by atoms with Crippen LogP contribution in [0.2, 0.25) is 0 Å². The Morgan fingerprint density at radius 3 is 1.85 bits per heavy atom. The van der Waals surface area contributed by atoms with Crippen molar-refractivity contribution >= 4 is 23.8 Å². The topological polar surface area (TPSA) is 91.7 Å². The van der Waals surface area contributed by atoms with Crippen LogP contribution < -0.4 is 0 Å². The van der Waals surface area contributed by atoms with Crippen molar-refractivity contribution in [3.8, 4) is 0 Å². The Morgan fingerprint density at radius 1 is 1.00 bits per heavy atom. The maximum Gasteiger partial charge on any atom is 0.339 e. The predicted octanol–water partition coefficient (Wildman–Crippen LogP) is 2.17. The van der Waals surface area contributed by atoms with Gasteiger partial charge in [0.1, 0.15) is 5.57 Å². The minimum Gasteiger partial charge on any atom is -0.478 e. The number of allylic oxidation sites excluding steroid dienone is 1. The average molecular weight is 274 g/mol. The van der Waals surface area contributed by atoms with E-state index in [0.717, 1.165) is 6.08 Å². The Balaban J connectivity index is 0.000000388. The van der Waals surface area contributed by atoms with Crippen LogP contribution in [0.1, 0.15) is 5.56 Å². The highest BCUT2D eigenvalue weighted by atomic mass is 16.4. The molecule has 0 unspecified atom stereocenters. The maximum absolute atomic E-state index is 10.7. The summed E-state index contributed by atoms with van der Waals surface area (Å²) in [6, 6.07) is 10.0. The maximum atomic E-state index is 10.7. The van der Waals surface area contributed by atoms with Gasteiger partial charge in [0.25, 0.3) is 0 Å². The highest BCUT2D eigenvalue weighted by Gasteiger charge is 2.15. The molecule has 0 heterocycles. The Labute approximate surface area is 116 Å². The Morgan fingerprint density at radius 2 is 1.55 bits per heavy atom. The van der Waals surface area contributed by atoms with E-state index in [1.807, 2.05) is 36.4 Å². The smallest absolute Gasteiger partial charge is 0.339 e. The third kappa shape index (κ3) is 6.70. The number of rotatable bonds is 5. The van der Waals surface area contributed by atoms with Crippen molar-refractivity contribution in [1.29, 1.82) is 0 Å². The van der Waals surface area contributed by atoms with E-state index in [1.54, 1.807) is 0 Å². The monoisotopic (exact) mass is 274 g/mol. The van der Waals surface area contributed by atoms with Crippen molar-refractivity contribution in [3.63, 3.8) is 0 Å². The molecule has 1 rings (SSSR count). The fraction of sp³-hybridized carbons (Fsp3) is 0. The van der Waals surface area contributed by atoms with E-state index in [0.29, 0.717) is 6.08 Å². The van der Waals surface area contributed by atoms with E-state index in [-0.39, 0.29) is 0 Å². The van der Waals surface area contributed by atoms with Gasteiger partial charge in [-0.3, -0.25) is 4.79 Å². The van der Waals surface area contributed by atoms with Gasteiger partial charge >= 0.3 is 11.9 Å². The minimum absolute atomic E-state index is 0.326. The molecule has 0 atom stereocenters. The normalized spacial score (nSPS) is 9.70. The summed E-state index contributed by atoms with van der Waals surface area (Å²) in [4.78, 5) is 30.9. The summed E-state index contributed by atoms with van der Waals surface area (Å²) in [5.74, 6) is -3.99. The summed E-state index contributed by atoms with van der Waals surface area (Å²) < 4.78 is 0. The molecule has 0 aliphatic rings. The predicted molar refractivity (Wildman–Crippen MR) is 75.1 cm³/mol. The molecule has 2 N–H and O–H groups in total. The minimum atomic E-state index is -1.58. The first kappa shape index (κ1) is 17.1. The molecule has 5 heteroatoms. The molecule has 0 radical (unpaired) electrons. The molecule has 5 nitrogen and oxygen atoms in total. The first-order valence-corrected chi connectivity index (χ1v) is 5.44. The van der Waals surface area contributed by atoms with Gasteiger partial charge in [0.15, 0.2) is 5.78 Å². The molecule has 1 aromatic carbocycles. The van der Waals surface area contributed by atoms with Crippen molar-refractivity contribution in [3.05, 3.63) is 66.8 Å². The number of carboxylic acids is 2. The van der Waals surface area contributed by atoms with Crippen LogP contribution in [0.15, 0.2) is 61.2 Å². The number of carboxylic acid groups (broad SMARTS) is 2. The van der Waals surface area contributed by atoms with Gasteiger partial charge in [-0.2, -0.15) is 0 Å². The van der Waals surface area contributed by atoms with E-state index < -0.39 is 23.3 Å². The molecule has 0 aliphatic heterocycles. The Kier molecular flexibility index (Phi) is 7.71. The summed E-state index contributed by atoms with van der Waals surface area (Å²) in [5, 5.41) is 16.5. The van der Waals surface area contributed by atoms with Crippen molar-refractivity contribution in [2.24, 2.45) is 0 Å². The summed E-state index contributed by atoms with van der Waals surface area (Å²) in [6.45, 7) is 6.66. The number of aliphatic carboxylic acids is 2. The number of carbonyl (C=O) groups is 3. The van der Waals surface area contributed by atoms with Gasteiger partial charge in [-0.25, -0.2) is 9.59 Å². The lowest BCUT2D eigenvalue weighted by atomic mass is 10.1. The third-order valence-corrected chi connectivity index (χ3v) is 1.98. The summed E-state index contributed by atoms with van der Waals surface area (Å²) in [7, 11) is 0. The third-order valence-electron chi connectivity index (χ3n) is 1.98. The van der Waals surface area contributed by atoms with E-state index >= 15 is 0 Å². The molecular weight excluding hydrogens is 260 g/mol. The van der Waals surface area contributed by atoms with Gasteiger partial charge < -0.3 is 10.2 Å². The van der Waals surface area contributed by atoms with E-state index in [2.05, 4.69) is 13.2 Å². The van der Waals surface area contributed by atoms with Crippen LogP contribution in [0.5, 0.6) is 0 Å². The summed E-state index contributed by atoms with van der Waals surface area (Å²) in [5.41, 5.74) is 0.366. The van der Waals surface area contributed by atoms with Crippen LogP contribution in [0.3, 0.4) is 0 Å². The van der Waals surface area contributed by atoms with Gasteiger partial charge in [-0.1, -0.05) is 49.6 Å². The largest absolute Gasteiger partial charge is 0.478 e. The first-order chi connectivity index (χ1) is 9.42. The van der Waals surface area contributed by atoms with Crippen molar-refractivity contribution in [2.75, 3.05) is 0 Å². The van der Waals surface area contributed by atoms with Gasteiger partial charge in [-0.05, 0) is 11.6 Å². The van der Waals surface area contributed by atoms with Crippen LogP contribution in [-0.4, -0.2) is 27.9 Å². The molecule has 104 valence electrons. The van der Waals surface area contributed by atoms with Gasteiger partial charge in [-0.15, -0.1) is 0 Å². The lowest BCUT2D eigenvalue weighted by molar-refractivity contribution is -0.136. The SMILES string of the molecule is C=CC(=O)C(=CC(=O)O)C(=O)O.C=Cc1ccccc1. The molecule has 0 fully saturated rings. The molecule has 0 aliphatic carbocycles. The second-order valence-corrected chi connectivity index (χ2v) is 3.38. The quantitative estimate of drug-likeness (QED) is 0.487. The first-order valence-electron chi connectivity index (χ1n) is 5.44. The number of benzene rings is 1. The van der Waals surface area contributed by atoms with Crippen LogP contribution in [0.4, 0.5) is 0 Å². The zero-order valence-electron chi connectivity index (χ0n) is 10.7. The van der Waals surface area contributed by atoms with Crippen molar-refractivity contribution < 1.29 is 24.6 Å². The molecule has 20 heavy (non-hydrogen) atoms. The zero-order chi connectivity index (χ0) is 15.5. The van der Waals surface area contributed by atoms with E-state index in [9.17, 15) is 14.4 Å². The molecule has 0 amide bonds. The second-order valence-electron chi connectivity index (χ2n) is 3.38. The number of hydrogen-bond donors (Lipinski definition) is 2. The molecule has 0 saturated heterocycles. The van der Waals surface area contributed by atoms with Crippen LogP contribution >= 0.6 is 0 Å². The fourth-order valence-corrected chi connectivity index (χ4v) is 1.06. The number of ketones is 1. The second kappa shape index (κ2) is 9.04. The van der Waals surface area contributed by atoms with E-state index in [1.165, 1.54) is 5.56 Å².